The average molecular weight is 330 g/mol. The molecule has 0 unspecified atom stereocenters. The SMILES string of the molecule is CC1CCN(c2c3c(c(C#N)c4nc5ccccc5n24)CCC3)CC1. The van der Waals surface area contributed by atoms with Crippen LogP contribution >= 0.6 is 0 Å². The molecular formula is C21H22N4. The van der Waals surface area contributed by atoms with Gasteiger partial charge in [0.05, 0.1) is 16.6 Å². The minimum atomic E-state index is 0.790. The van der Waals surface area contributed by atoms with Crippen LogP contribution in [0.5, 0.6) is 0 Å². The maximum atomic E-state index is 9.84. The van der Waals surface area contributed by atoms with Gasteiger partial charge in [-0.15, -0.1) is 0 Å². The van der Waals surface area contributed by atoms with Gasteiger partial charge in [-0.3, -0.25) is 4.40 Å². The second-order valence-corrected chi connectivity index (χ2v) is 7.55. The van der Waals surface area contributed by atoms with Gasteiger partial charge in [-0.05, 0) is 61.3 Å². The monoisotopic (exact) mass is 330 g/mol. The molecule has 0 N–H and O–H groups in total. The lowest BCUT2D eigenvalue weighted by atomic mass is 9.98. The van der Waals surface area contributed by atoms with E-state index in [9.17, 15) is 5.26 Å². The summed E-state index contributed by atoms with van der Waals surface area (Å²) in [6.07, 6.45) is 5.71. The fraction of sp³-hybridized carbons (Fsp3) is 0.429. The van der Waals surface area contributed by atoms with Gasteiger partial charge in [0, 0.05) is 13.1 Å². The van der Waals surface area contributed by atoms with Crippen molar-refractivity contribution in [2.24, 2.45) is 5.92 Å². The van der Waals surface area contributed by atoms with Gasteiger partial charge in [0.2, 0.25) is 0 Å². The summed E-state index contributed by atoms with van der Waals surface area (Å²) in [5, 5.41) is 9.84. The first-order chi connectivity index (χ1) is 12.3. The minimum absolute atomic E-state index is 0.790. The third-order valence-corrected chi connectivity index (χ3v) is 5.98. The number of para-hydroxylation sites is 2. The Morgan fingerprint density at radius 3 is 2.68 bits per heavy atom. The number of piperidine rings is 1. The third kappa shape index (κ3) is 2.08. The molecule has 5 rings (SSSR count). The van der Waals surface area contributed by atoms with Gasteiger partial charge in [0.1, 0.15) is 11.9 Å². The zero-order chi connectivity index (χ0) is 17.0. The second kappa shape index (κ2) is 5.49. The van der Waals surface area contributed by atoms with Crippen molar-refractivity contribution in [3.05, 3.63) is 41.0 Å². The van der Waals surface area contributed by atoms with Crippen LogP contribution in [0.2, 0.25) is 0 Å². The number of aromatic nitrogens is 2. The van der Waals surface area contributed by atoms with E-state index >= 15 is 0 Å². The van der Waals surface area contributed by atoms with Crippen LogP contribution in [0.3, 0.4) is 0 Å². The quantitative estimate of drug-likeness (QED) is 0.675. The van der Waals surface area contributed by atoms with Crippen molar-refractivity contribution >= 4 is 22.5 Å². The molecule has 0 amide bonds. The van der Waals surface area contributed by atoms with Crippen LogP contribution in [0, 0.1) is 17.2 Å². The van der Waals surface area contributed by atoms with Gasteiger partial charge < -0.3 is 4.90 Å². The largest absolute Gasteiger partial charge is 0.357 e. The molecule has 1 fully saturated rings. The van der Waals surface area contributed by atoms with Gasteiger partial charge in [0.25, 0.3) is 0 Å². The van der Waals surface area contributed by atoms with Crippen molar-refractivity contribution in [3.63, 3.8) is 0 Å². The number of rotatable bonds is 1. The smallest absolute Gasteiger partial charge is 0.157 e. The third-order valence-electron chi connectivity index (χ3n) is 5.98. The average Bonchev–Trinajstić information content (AvgIpc) is 3.25. The normalized spacial score (nSPS) is 18.0. The lowest BCUT2D eigenvalue weighted by molar-refractivity contribution is 0.435. The van der Waals surface area contributed by atoms with E-state index in [1.54, 1.807) is 0 Å². The van der Waals surface area contributed by atoms with Crippen LogP contribution in [-0.2, 0) is 12.8 Å². The standard InChI is InChI=1S/C21H22N4/c1-14-9-11-24(12-10-14)21-16-6-4-5-15(16)17(13-22)20-23-18-7-2-3-8-19(18)25(20)21/h2-3,7-8,14H,4-6,9-12H2,1H3. The number of nitriles is 1. The van der Waals surface area contributed by atoms with Crippen LogP contribution in [0.15, 0.2) is 24.3 Å². The number of nitrogens with zero attached hydrogens (tertiary/aromatic N) is 4. The topological polar surface area (TPSA) is 44.3 Å². The Balaban J connectivity index is 1.87. The van der Waals surface area contributed by atoms with Crippen LogP contribution in [0.4, 0.5) is 5.82 Å². The fourth-order valence-corrected chi connectivity index (χ4v) is 4.61. The van der Waals surface area contributed by atoms with Crippen LogP contribution < -0.4 is 4.90 Å². The number of fused-ring (bicyclic) bond motifs is 4. The highest BCUT2D eigenvalue weighted by atomic mass is 15.2. The summed E-state index contributed by atoms with van der Waals surface area (Å²) in [6.45, 7) is 4.55. The maximum absolute atomic E-state index is 9.84. The van der Waals surface area contributed by atoms with E-state index in [4.69, 9.17) is 4.98 Å². The number of imidazole rings is 1. The lowest BCUT2D eigenvalue weighted by Gasteiger charge is -2.34. The van der Waals surface area contributed by atoms with Crippen molar-refractivity contribution in [1.82, 2.24) is 9.38 Å². The van der Waals surface area contributed by atoms with E-state index in [2.05, 4.69) is 40.5 Å². The Hall–Kier alpha value is -2.54. The molecule has 1 aliphatic carbocycles. The molecule has 1 saturated heterocycles. The molecule has 3 heterocycles. The Labute approximate surface area is 147 Å². The molecule has 0 radical (unpaired) electrons. The van der Waals surface area contributed by atoms with Crippen LogP contribution in [-0.4, -0.2) is 22.5 Å². The molecule has 126 valence electrons. The predicted octanol–water partition coefficient (Wildman–Crippen LogP) is 4.08. The number of hydrogen-bond acceptors (Lipinski definition) is 3. The molecular weight excluding hydrogens is 308 g/mol. The summed E-state index contributed by atoms with van der Waals surface area (Å²) in [5.41, 5.74) is 6.38. The van der Waals surface area contributed by atoms with Gasteiger partial charge in [0.15, 0.2) is 5.65 Å². The zero-order valence-corrected chi connectivity index (χ0v) is 14.6. The van der Waals surface area contributed by atoms with Gasteiger partial charge in [-0.2, -0.15) is 5.26 Å². The predicted molar refractivity (Wildman–Crippen MR) is 100 cm³/mol. The first kappa shape index (κ1) is 14.8. The Morgan fingerprint density at radius 1 is 1.12 bits per heavy atom. The molecule has 2 aliphatic rings. The van der Waals surface area contributed by atoms with Crippen molar-refractivity contribution in [2.75, 3.05) is 18.0 Å². The summed E-state index contributed by atoms with van der Waals surface area (Å²) in [6, 6.07) is 10.7. The van der Waals surface area contributed by atoms with E-state index in [1.165, 1.54) is 29.8 Å². The van der Waals surface area contributed by atoms with Gasteiger partial charge in [-0.25, -0.2) is 4.98 Å². The Morgan fingerprint density at radius 2 is 1.88 bits per heavy atom. The van der Waals surface area contributed by atoms with E-state index in [0.29, 0.717) is 0 Å². The van der Waals surface area contributed by atoms with E-state index in [1.807, 2.05) is 6.07 Å². The molecule has 2 aromatic heterocycles. The summed E-state index contributed by atoms with van der Waals surface area (Å²) >= 11 is 0. The summed E-state index contributed by atoms with van der Waals surface area (Å²) in [5.74, 6) is 2.11. The number of hydrogen-bond donors (Lipinski definition) is 0. The van der Waals surface area contributed by atoms with E-state index in [-0.39, 0.29) is 0 Å². The van der Waals surface area contributed by atoms with Gasteiger partial charge in [-0.1, -0.05) is 19.1 Å². The highest BCUT2D eigenvalue weighted by molar-refractivity contribution is 5.86. The molecule has 25 heavy (non-hydrogen) atoms. The highest BCUT2D eigenvalue weighted by Crippen LogP contribution is 2.39. The zero-order valence-electron chi connectivity index (χ0n) is 14.6. The molecule has 4 heteroatoms. The van der Waals surface area contributed by atoms with Crippen LogP contribution in [0.1, 0.15) is 42.9 Å². The van der Waals surface area contributed by atoms with E-state index in [0.717, 1.165) is 60.5 Å². The molecule has 0 spiro atoms. The fourth-order valence-electron chi connectivity index (χ4n) is 4.61. The number of anilines is 1. The molecule has 1 aromatic carbocycles. The Kier molecular flexibility index (Phi) is 3.24. The molecule has 0 saturated carbocycles. The number of pyridine rings is 1. The van der Waals surface area contributed by atoms with Crippen LogP contribution in [0.25, 0.3) is 16.7 Å². The Bertz CT molecular complexity index is 1020. The second-order valence-electron chi connectivity index (χ2n) is 7.55. The lowest BCUT2D eigenvalue weighted by Crippen LogP contribution is -2.35. The molecule has 3 aromatic rings. The van der Waals surface area contributed by atoms with Crippen molar-refractivity contribution in [1.29, 1.82) is 5.26 Å². The van der Waals surface area contributed by atoms with Crippen molar-refractivity contribution < 1.29 is 0 Å². The van der Waals surface area contributed by atoms with Gasteiger partial charge >= 0.3 is 0 Å². The summed E-state index contributed by atoms with van der Waals surface area (Å²) in [7, 11) is 0. The molecule has 4 nitrogen and oxygen atoms in total. The summed E-state index contributed by atoms with van der Waals surface area (Å²) in [4.78, 5) is 7.40. The highest BCUT2D eigenvalue weighted by Gasteiger charge is 2.29. The first-order valence-corrected chi connectivity index (χ1v) is 9.38. The summed E-state index contributed by atoms with van der Waals surface area (Å²) < 4.78 is 2.27. The maximum Gasteiger partial charge on any atom is 0.157 e. The number of benzene rings is 1. The van der Waals surface area contributed by atoms with Crippen molar-refractivity contribution in [2.45, 2.75) is 39.0 Å². The van der Waals surface area contributed by atoms with Crippen molar-refractivity contribution in [3.8, 4) is 6.07 Å². The minimum Gasteiger partial charge on any atom is -0.357 e. The molecule has 0 atom stereocenters. The molecule has 1 aliphatic heterocycles. The van der Waals surface area contributed by atoms with E-state index < -0.39 is 0 Å². The molecule has 0 bridgehead atoms. The first-order valence-electron chi connectivity index (χ1n) is 9.38.